The summed E-state index contributed by atoms with van der Waals surface area (Å²) in [5.74, 6) is 0.0343. The highest BCUT2D eigenvalue weighted by Crippen LogP contribution is 2.23. The first-order chi connectivity index (χ1) is 12.6. The van der Waals surface area contributed by atoms with Gasteiger partial charge in [-0.2, -0.15) is 0 Å². The number of morpholine rings is 1. The molecule has 2 aromatic rings. The number of carbonyl (C=O) groups excluding carboxylic acids is 1. The summed E-state index contributed by atoms with van der Waals surface area (Å²) in [6.45, 7) is 3.87. The molecule has 0 spiro atoms. The summed E-state index contributed by atoms with van der Waals surface area (Å²) in [6.07, 6.45) is 0. The smallest absolute Gasteiger partial charge is 0.253 e. The molecule has 26 heavy (non-hydrogen) atoms. The van der Waals surface area contributed by atoms with Crippen LogP contribution in [-0.2, 0) is 11.3 Å². The summed E-state index contributed by atoms with van der Waals surface area (Å²) < 4.78 is 5.45. The summed E-state index contributed by atoms with van der Waals surface area (Å²) in [7, 11) is 5.84. The van der Waals surface area contributed by atoms with Crippen LogP contribution in [-0.4, -0.2) is 58.3 Å². The molecule has 1 aliphatic rings. The van der Waals surface area contributed by atoms with Crippen molar-refractivity contribution in [1.82, 2.24) is 4.90 Å². The number of nitrogens with zero attached hydrogens (tertiary/aromatic N) is 3. The van der Waals surface area contributed by atoms with Crippen molar-refractivity contribution in [2.24, 2.45) is 0 Å². The summed E-state index contributed by atoms with van der Waals surface area (Å²) in [4.78, 5) is 18.9. The minimum absolute atomic E-state index is 0.0343. The average Bonchev–Trinajstić information content (AvgIpc) is 2.68. The first-order valence-corrected chi connectivity index (χ1v) is 8.99. The number of ether oxygens (including phenoxy) is 1. The van der Waals surface area contributed by atoms with Crippen LogP contribution in [0.25, 0.3) is 0 Å². The van der Waals surface area contributed by atoms with Gasteiger partial charge in [-0.25, -0.2) is 0 Å². The van der Waals surface area contributed by atoms with Crippen molar-refractivity contribution in [2.75, 3.05) is 57.2 Å². The van der Waals surface area contributed by atoms with E-state index in [2.05, 4.69) is 23.1 Å². The number of hydrogen-bond acceptors (Lipinski definition) is 4. The number of hydrogen-bond donors (Lipinski definition) is 0. The lowest BCUT2D eigenvalue weighted by Gasteiger charge is -2.31. The zero-order chi connectivity index (χ0) is 18.5. The molecule has 1 amide bonds. The van der Waals surface area contributed by atoms with Crippen LogP contribution < -0.4 is 9.80 Å². The second kappa shape index (κ2) is 8.23. The van der Waals surface area contributed by atoms with Crippen molar-refractivity contribution >= 4 is 17.3 Å². The zero-order valence-corrected chi connectivity index (χ0v) is 15.8. The molecule has 0 N–H and O–H groups in total. The molecule has 0 saturated carbocycles. The predicted molar refractivity (Wildman–Crippen MR) is 106 cm³/mol. The monoisotopic (exact) mass is 353 g/mol. The minimum Gasteiger partial charge on any atom is -0.378 e. The van der Waals surface area contributed by atoms with E-state index in [4.69, 9.17) is 4.74 Å². The van der Waals surface area contributed by atoms with E-state index < -0.39 is 0 Å². The Morgan fingerprint density at radius 3 is 2.31 bits per heavy atom. The number of carbonyl (C=O) groups is 1. The molecule has 1 aliphatic heterocycles. The van der Waals surface area contributed by atoms with E-state index in [1.807, 2.05) is 56.4 Å². The van der Waals surface area contributed by atoms with Gasteiger partial charge in [0.2, 0.25) is 0 Å². The number of rotatable bonds is 5. The number of benzene rings is 2. The quantitative estimate of drug-likeness (QED) is 0.828. The maximum atomic E-state index is 12.8. The molecule has 5 nitrogen and oxygen atoms in total. The molecule has 0 atom stereocenters. The van der Waals surface area contributed by atoms with Crippen molar-refractivity contribution < 1.29 is 9.53 Å². The Morgan fingerprint density at radius 2 is 1.65 bits per heavy atom. The molecule has 1 heterocycles. The molecule has 2 aromatic carbocycles. The average molecular weight is 353 g/mol. The fourth-order valence-electron chi connectivity index (χ4n) is 3.21. The maximum Gasteiger partial charge on any atom is 0.253 e. The van der Waals surface area contributed by atoms with E-state index in [1.165, 1.54) is 5.69 Å². The highest BCUT2D eigenvalue weighted by atomic mass is 16.5. The van der Waals surface area contributed by atoms with Gasteiger partial charge < -0.3 is 19.4 Å². The van der Waals surface area contributed by atoms with E-state index in [0.29, 0.717) is 12.1 Å². The Balaban J connectivity index is 1.73. The molecule has 3 rings (SSSR count). The predicted octanol–water partition coefficient (Wildman–Crippen LogP) is 2.86. The second-order valence-electron chi connectivity index (χ2n) is 6.83. The van der Waals surface area contributed by atoms with Crippen LogP contribution in [0.3, 0.4) is 0 Å². The Labute approximate surface area is 155 Å². The lowest BCUT2D eigenvalue weighted by molar-refractivity contribution is 0.0785. The van der Waals surface area contributed by atoms with Crippen molar-refractivity contribution in [2.45, 2.75) is 6.54 Å². The van der Waals surface area contributed by atoms with Crippen molar-refractivity contribution in [1.29, 1.82) is 0 Å². The van der Waals surface area contributed by atoms with Crippen LogP contribution in [0.4, 0.5) is 11.4 Å². The number of anilines is 2. The molecule has 138 valence electrons. The Kier molecular flexibility index (Phi) is 5.78. The van der Waals surface area contributed by atoms with E-state index in [9.17, 15) is 4.79 Å². The molecule has 5 heteroatoms. The van der Waals surface area contributed by atoms with Gasteiger partial charge in [0.25, 0.3) is 5.91 Å². The second-order valence-corrected chi connectivity index (χ2v) is 6.83. The third-order valence-electron chi connectivity index (χ3n) is 4.73. The number of para-hydroxylation sites is 1. The number of amides is 1. The maximum absolute atomic E-state index is 12.8. The third kappa shape index (κ3) is 4.17. The van der Waals surface area contributed by atoms with Crippen molar-refractivity contribution in [3.63, 3.8) is 0 Å². The molecule has 0 unspecified atom stereocenters. The molecule has 0 radical (unpaired) electrons. The molecular formula is C21H27N3O2. The Bertz CT molecular complexity index is 737. The molecule has 1 saturated heterocycles. The normalized spacial score (nSPS) is 14.2. The van der Waals surface area contributed by atoms with E-state index >= 15 is 0 Å². The van der Waals surface area contributed by atoms with Gasteiger partial charge in [-0.1, -0.05) is 18.2 Å². The van der Waals surface area contributed by atoms with Crippen LogP contribution in [0, 0.1) is 0 Å². The summed E-state index contributed by atoms with van der Waals surface area (Å²) in [5, 5.41) is 0. The summed E-state index contributed by atoms with van der Waals surface area (Å²) >= 11 is 0. The zero-order valence-electron chi connectivity index (χ0n) is 15.8. The van der Waals surface area contributed by atoms with Gasteiger partial charge >= 0.3 is 0 Å². The molecule has 0 aliphatic carbocycles. The van der Waals surface area contributed by atoms with Gasteiger partial charge in [-0.05, 0) is 35.9 Å². The van der Waals surface area contributed by atoms with E-state index in [-0.39, 0.29) is 5.91 Å². The van der Waals surface area contributed by atoms with Gasteiger partial charge in [-0.3, -0.25) is 4.79 Å². The first-order valence-electron chi connectivity index (χ1n) is 8.99. The van der Waals surface area contributed by atoms with E-state index in [1.54, 1.807) is 4.90 Å². The van der Waals surface area contributed by atoms with Gasteiger partial charge in [0.1, 0.15) is 0 Å². The van der Waals surface area contributed by atoms with Gasteiger partial charge in [0, 0.05) is 57.7 Å². The van der Waals surface area contributed by atoms with Crippen LogP contribution in [0.1, 0.15) is 15.9 Å². The lowest BCUT2D eigenvalue weighted by atomic mass is 10.1. The van der Waals surface area contributed by atoms with Gasteiger partial charge in [0.15, 0.2) is 0 Å². The fraction of sp³-hybridized carbons (Fsp3) is 0.381. The van der Waals surface area contributed by atoms with Crippen LogP contribution in [0.15, 0.2) is 48.5 Å². The fourth-order valence-corrected chi connectivity index (χ4v) is 3.21. The molecule has 0 aromatic heterocycles. The summed E-state index contributed by atoms with van der Waals surface area (Å²) in [6, 6.07) is 16.0. The van der Waals surface area contributed by atoms with E-state index in [0.717, 1.165) is 37.6 Å². The standard InChI is InChI=1S/C21H27N3O2/c1-22(2)19-10-8-17(9-11-19)21(25)23(3)16-18-6-4-5-7-20(18)24-12-14-26-15-13-24/h4-11H,12-16H2,1-3H3. The SMILES string of the molecule is CN(Cc1ccccc1N1CCOCC1)C(=O)c1ccc(N(C)C)cc1. The Morgan fingerprint density at radius 1 is 1.00 bits per heavy atom. The van der Waals surface area contributed by atoms with Crippen LogP contribution in [0.2, 0.25) is 0 Å². The lowest BCUT2D eigenvalue weighted by Crippen LogP contribution is -2.37. The van der Waals surface area contributed by atoms with Crippen molar-refractivity contribution in [3.05, 3.63) is 59.7 Å². The van der Waals surface area contributed by atoms with Crippen molar-refractivity contribution in [3.8, 4) is 0 Å². The highest BCUT2D eigenvalue weighted by Gasteiger charge is 2.18. The minimum atomic E-state index is 0.0343. The van der Waals surface area contributed by atoms with Gasteiger partial charge in [-0.15, -0.1) is 0 Å². The van der Waals surface area contributed by atoms with Gasteiger partial charge in [0.05, 0.1) is 13.2 Å². The Hall–Kier alpha value is -2.53. The topological polar surface area (TPSA) is 36.0 Å². The largest absolute Gasteiger partial charge is 0.378 e. The van der Waals surface area contributed by atoms with Crippen LogP contribution in [0.5, 0.6) is 0 Å². The molecule has 0 bridgehead atoms. The summed E-state index contributed by atoms with van der Waals surface area (Å²) in [5.41, 5.74) is 4.15. The molecule has 1 fully saturated rings. The third-order valence-corrected chi connectivity index (χ3v) is 4.73. The first kappa shape index (κ1) is 18.3. The molecular weight excluding hydrogens is 326 g/mol. The van der Waals surface area contributed by atoms with Crippen LogP contribution >= 0.6 is 0 Å². The highest BCUT2D eigenvalue weighted by molar-refractivity contribution is 5.94.